The zero-order valence-corrected chi connectivity index (χ0v) is 12.9. The van der Waals surface area contributed by atoms with Crippen LogP contribution in [0, 0.1) is 0 Å². The Morgan fingerprint density at radius 1 is 1.22 bits per heavy atom. The Labute approximate surface area is 134 Å². The highest BCUT2D eigenvalue weighted by molar-refractivity contribution is 5.98. The van der Waals surface area contributed by atoms with Gasteiger partial charge in [-0.3, -0.25) is 14.4 Å². The number of amides is 2. The number of hydrogen-bond donors (Lipinski definition) is 3. The summed E-state index contributed by atoms with van der Waals surface area (Å²) in [5, 5.41) is 13.9. The third-order valence-electron chi connectivity index (χ3n) is 3.60. The summed E-state index contributed by atoms with van der Waals surface area (Å²) in [5.74, 6) is -1.77. The summed E-state index contributed by atoms with van der Waals surface area (Å²) in [6.07, 6.45) is 2.23. The van der Waals surface area contributed by atoms with Crippen molar-refractivity contribution >= 4 is 23.5 Å². The van der Waals surface area contributed by atoms with Gasteiger partial charge in [0.05, 0.1) is 0 Å². The van der Waals surface area contributed by atoms with Crippen LogP contribution in [0.3, 0.4) is 0 Å². The standard InChI is InChI=1S/C16H20N2O5/c1-10(16(21)22)17-14(19)11-5-7-12(8-6-11)18-15(20)13-4-2-3-9-23-13/h5-8,10,13H,2-4,9H2,1H3,(H,17,19)(H,18,20)(H,21,22). The lowest BCUT2D eigenvalue weighted by molar-refractivity contribution is -0.138. The van der Waals surface area contributed by atoms with Crippen molar-refractivity contribution in [3.05, 3.63) is 29.8 Å². The van der Waals surface area contributed by atoms with Gasteiger partial charge < -0.3 is 20.5 Å². The highest BCUT2D eigenvalue weighted by Gasteiger charge is 2.22. The molecular formula is C16H20N2O5. The number of ether oxygens (including phenoxy) is 1. The van der Waals surface area contributed by atoms with E-state index in [0.29, 0.717) is 24.3 Å². The molecule has 1 fully saturated rings. The third-order valence-corrected chi connectivity index (χ3v) is 3.60. The normalized spacial score (nSPS) is 18.7. The van der Waals surface area contributed by atoms with Crippen molar-refractivity contribution in [2.24, 2.45) is 0 Å². The summed E-state index contributed by atoms with van der Waals surface area (Å²) in [4.78, 5) is 34.6. The second-order valence-corrected chi connectivity index (χ2v) is 5.46. The molecule has 0 spiro atoms. The number of carboxylic acids is 1. The second-order valence-electron chi connectivity index (χ2n) is 5.46. The van der Waals surface area contributed by atoms with Crippen molar-refractivity contribution in [3.8, 4) is 0 Å². The van der Waals surface area contributed by atoms with Crippen molar-refractivity contribution in [3.63, 3.8) is 0 Å². The van der Waals surface area contributed by atoms with Crippen molar-refractivity contribution in [1.82, 2.24) is 5.32 Å². The number of hydrogen-bond acceptors (Lipinski definition) is 4. The second kappa shape index (κ2) is 7.73. The summed E-state index contributed by atoms with van der Waals surface area (Å²) >= 11 is 0. The van der Waals surface area contributed by atoms with Gasteiger partial charge >= 0.3 is 5.97 Å². The first-order valence-electron chi connectivity index (χ1n) is 7.53. The topological polar surface area (TPSA) is 105 Å². The largest absolute Gasteiger partial charge is 0.480 e. The fourth-order valence-corrected chi connectivity index (χ4v) is 2.22. The van der Waals surface area contributed by atoms with E-state index in [1.54, 1.807) is 12.1 Å². The molecule has 0 aliphatic carbocycles. The first-order valence-corrected chi connectivity index (χ1v) is 7.53. The lowest BCUT2D eigenvalue weighted by Crippen LogP contribution is -2.38. The number of anilines is 1. The van der Waals surface area contributed by atoms with E-state index >= 15 is 0 Å². The van der Waals surface area contributed by atoms with Crippen LogP contribution in [-0.2, 0) is 14.3 Å². The van der Waals surface area contributed by atoms with Gasteiger partial charge in [0.1, 0.15) is 12.1 Å². The number of nitrogens with one attached hydrogen (secondary N) is 2. The minimum atomic E-state index is -1.10. The Balaban J connectivity index is 1.92. The van der Waals surface area contributed by atoms with E-state index in [-0.39, 0.29) is 5.91 Å². The first-order chi connectivity index (χ1) is 11.0. The van der Waals surface area contributed by atoms with Crippen LogP contribution in [0.4, 0.5) is 5.69 Å². The molecule has 2 atom stereocenters. The van der Waals surface area contributed by atoms with Crippen molar-refractivity contribution in [2.75, 3.05) is 11.9 Å². The average molecular weight is 320 g/mol. The molecule has 7 nitrogen and oxygen atoms in total. The fourth-order valence-electron chi connectivity index (χ4n) is 2.22. The number of benzene rings is 1. The number of carbonyl (C=O) groups is 3. The number of rotatable bonds is 5. The zero-order valence-electron chi connectivity index (χ0n) is 12.9. The van der Waals surface area contributed by atoms with Crippen molar-refractivity contribution in [2.45, 2.75) is 38.3 Å². The van der Waals surface area contributed by atoms with Crippen LogP contribution in [0.15, 0.2) is 24.3 Å². The molecule has 2 amide bonds. The molecule has 1 aromatic rings. The highest BCUT2D eigenvalue weighted by Crippen LogP contribution is 2.16. The minimum Gasteiger partial charge on any atom is -0.480 e. The molecule has 0 bridgehead atoms. The van der Waals surface area contributed by atoms with Gasteiger partial charge in [0.25, 0.3) is 11.8 Å². The predicted octanol–water partition coefficient (Wildman–Crippen LogP) is 1.40. The molecule has 0 saturated carbocycles. The molecule has 2 unspecified atom stereocenters. The number of carboxylic acid groups (broad SMARTS) is 1. The first kappa shape index (κ1) is 17.0. The molecular weight excluding hydrogens is 300 g/mol. The van der Waals surface area contributed by atoms with Gasteiger partial charge in [0.15, 0.2) is 0 Å². The molecule has 1 aromatic carbocycles. The molecule has 1 heterocycles. The monoisotopic (exact) mass is 320 g/mol. The van der Waals surface area contributed by atoms with Crippen molar-refractivity contribution in [1.29, 1.82) is 0 Å². The Morgan fingerprint density at radius 3 is 2.48 bits per heavy atom. The van der Waals surface area contributed by atoms with Gasteiger partial charge in [-0.1, -0.05) is 0 Å². The molecule has 0 aromatic heterocycles. The zero-order chi connectivity index (χ0) is 16.8. The van der Waals surface area contributed by atoms with E-state index in [4.69, 9.17) is 9.84 Å². The van der Waals surface area contributed by atoms with E-state index < -0.39 is 24.0 Å². The van der Waals surface area contributed by atoms with Crippen LogP contribution in [0.1, 0.15) is 36.5 Å². The number of aliphatic carboxylic acids is 1. The van der Waals surface area contributed by atoms with Crippen LogP contribution in [-0.4, -0.2) is 41.6 Å². The molecule has 1 aliphatic heterocycles. The van der Waals surface area contributed by atoms with Crippen LogP contribution in [0.25, 0.3) is 0 Å². The predicted molar refractivity (Wildman–Crippen MR) is 83.2 cm³/mol. The fraction of sp³-hybridized carbons (Fsp3) is 0.438. The molecule has 23 heavy (non-hydrogen) atoms. The Hall–Kier alpha value is -2.41. The molecule has 7 heteroatoms. The quantitative estimate of drug-likeness (QED) is 0.760. The van der Waals surface area contributed by atoms with Gasteiger partial charge in [-0.05, 0) is 50.5 Å². The molecule has 3 N–H and O–H groups in total. The third kappa shape index (κ3) is 4.79. The molecule has 0 radical (unpaired) electrons. The average Bonchev–Trinajstić information content (AvgIpc) is 2.56. The Morgan fingerprint density at radius 2 is 1.91 bits per heavy atom. The minimum absolute atomic E-state index is 0.193. The molecule has 1 saturated heterocycles. The summed E-state index contributed by atoms with van der Waals surface area (Å²) in [5.41, 5.74) is 0.886. The summed E-state index contributed by atoms with van der Waals surface area (Å²) in [6, 6.07) is 5.29. The lowest BCUT2D eigenvalue weighted by Gasteiger charge is -2.21. The summed E-state index contributed by atoms with van der Waals surface area (Å²) in [6.45, 7) is 1.98. The lowest BCUT2D eigenvalue weighted by atomic mass is 10.1. The molecule has 2 rings (SSSR count). The maximum atomic E-state index is 12.0. The van der Waals surface area contributed by atoms with Gasteiger partial charge in [-0.2, -0.15) is 0 Å². The van der Waals surface area contributed by atoms with Crippen LogP contribution >= 0.6 is 0 Å². The van der Waals surface area contributed by atoms with E-state index in [0.717, 1.165) is 12.8 Å². The van der Waals surface area contributed by atoms with Gasteiger partial charge in [-0.15, -0.1) is 0 Å². The van der Waals surface area contributed by atoms with Gasteiger partial charge in [0, 0.05) is 17.9 Å². The summed E-state index contributed by atoms with van der Waals surface area (Å²) in [7, 11) is 0. The maximum Gasteiger partial charge on any atom is 0.325 e. The Bertz CT molecular complexity index is 579. The van der Waals surface area contributed by atoms with Crippen LogP contribution in [0.5, 0.6) is 0 Å². The number of carbonyl (C=O) groups excluding carboxylic acids is 2. The van der Waals surface area contributed by atoms with Crippen molar-refractivity contribution < 1.29 is 24.2 Å². The van der Waals surface area contributed by atoms with Crippen LogP contribution < -0.4 is 10.6 Å². The SMILES string of the molecule is CC(NC(=O)c1ccc(NC(=O)C2CCCCO2)cc1)C(=O)O. The van der Waals surface area contributed by atoms with E-state index in [9.17, 15) is 14.4 Å². The van der Waals surface area contributed by atoms with Gasteiger partial charge in [-0.25, -0.2) is 0 Å². The van der Waals surface area contributed by atoms with Crippen LogP contribution in [0.2, 0.25) is 0 Å². The highest BCUT2D eigenvalue weighted by atomic mass is 16.5. The van der Waals surface area contributed by atoms with Gasteiger partial charge in [0.2, 0.25) is 0 Å². The molecule has 124 valence electrons. The smallest absolute Gasteiger partial charge is 0.325 e. The van der Waals surface area contributed by atoms with E-state index in [1.165, 1.54) is 19.1 Å². The van der Waals surface area contributed by atoms with E-state index in [1.807, 2.05) is 0 Å². The van der Waals surface area contributed by atoms with E-state index in [2.05, 4.69) is 10.6 Å². The molecule has 1 aliphatic rings. The maximum absolute atomic E-state index is 12.0. The summed E-state index contributed by atoms with van der Waals surface area (Å²) < 4.78 is 5.41. The Kier molecular flexibility index (Phi) is 5.70.